The fourth-order valence-electron chi connectivity index (χ4n) is 3.20. The van der Waals surface area contributed by atoms with Crippen LogP contribution in [0.25, 0.3) is 0 Å². The van der Waals surface area contributed by atoms with E-state index in [1.54, 1.807) is 0 Å². The van der Waals surface area contributed by atoms with Gasteiger partial charge in [-0.15, -0.1) is 0 Å². The number of carbonyl (C=O) groups is 1. The molecule has 1 atom stereocenters. The van der Waals surface area contributed by atoms with Crippen molar-refractivity contribution in [2.75, 3.05) is 0 Å². The molecule has 3 aromatic carbocycles. The Kier molecular flexibility index (Phi) is 8.08. The molecule has 0 amide bonds. The maximum absolute atomic E-state index is 12.9. The van der Waals surface area contributed by atoms with Crippen LogP contribution in [0.2, 0.25) is 0 Å². The molecule has 0 saturated carbocycles. The van der Waals surface area contributed by atoms with Gasteiger partial charge in [-0.05, 0) is 81.5 Å². The quantitative estimate of drug-likeness (QED) is 0.483. The number of ether oxygens (including phenoxy) is 1. The van der Waals surface area contributed by atoms with Crippen molar-refractivity contribution in [1.82, 2.24) is 0 Å². The van der Waals surface area contributed by atoms with Crippen molar-refractivity contribution in [1.29, 1.82) is 0 Å². The van der Waals surface area contributed by atoms with Gasteiger partial charge in [-0.25, -0.2) is 0 Å². The van der Waals surface area contributed by atoms with Crippen LogP contribution in [0.15, 0.2) is 60.7 Å². The van der Waals surface area contributed by atoms with E-state index < -0.39 is 0 Å². The van der Waals surface area contributed by atoms with E-state index in [9.17, 15) is 4.79 Å². The molecular weight excluding hydrogens is 358 g/mol. The smallest absolute Gasteiger partial charge is 1.00 e. The third kappa shape index (κ3) is 5.36. The Bertz CT molecular complexity index is 957. The summed E-state index contributed by atoms with van der Waals surface area (Å²) in [5.41, 5.74) is 6.83. The van der Waals surface area contributed by atoms with E-state index >= 15 is 0 Å². The second-order valence-electron chi connectivity index (χ2n) is 6.89. The summed E-state index contributed by atoms with van der Waals surface area (Å²) in [6.45, 7) is 8.80. The van der Waals surface area contributed by atoms with Crippen LogP contribution >= 0.6 is 8.58 Å². The van der Waals surface area contributed by atoms with Crippen LogP contribution in [0.4, 0.5) is 0 Å². The van der Waals surface area contributed by atoms with E-state index in [1.807, 2.05) is 68.4 Å². The molecule has 0 bridgehead atoms. The molecule has 0 aliphatic carbocycles. The number of hydrogen-bond donors (Lipinski definition) is 0. The molecule has 0 saturated heterocycles. The second kappa shape index (κ2) is 10.1. The Hall–Kier alpha value is -1.84. The van der Waals surface area contributed by atoms with E-state index in [-0.39, 0.29) is 34.4 Å². The third-order valence-electron chi connectivity index (χ3n) is 4.94. The SMILES string of the molecule is Cc1cc(C)c(C(=O)Pc2ccc(OCc3ccccc3)cc2)c(C)c1C.[H-].[Li+]. The van der Waals surface area contributed by atoms with Gasteiger partial charge in [0.2, 0.25) is 0 Å². The maximum Gasteiger partial charge on any atom is 1.00 e. The Morgan fingerprint density at radius 3 is 2.18 bits per heavy atom. The van der Waals surface area contributed by atoms with E-state index in [1.165, 1.54) is 11.1 Å². The van der Waals surface area contributed by atoms with Gasteiger partial charge in [-0.2, -0.15) is 0 Å². The minimum absolute atomic E-state index is 0. The number of rotatable bonds is 6. The molecule has 2 nitrogen and oxygen atoms in total. The van der Waals surface area contributed by atoms with Crippen molar-refractivity contribution in [2.24, 2.45) is 0 Å². The molecule has 0 aliphatic rings. The Morgan fingerprint density at radius 1 is 0.893 bits per heavy atom. The van der Waals surface area contributed by atoms with Crippen LogP contribution in [0.3, 0.4) is 0 Å². The largest absolute Gasteiger partial charge is 1.00 e. The van der Waals surface area contributed by atoms with Crippen LogP contribution in [-0.4, -0.2) is 5.52 Å². The van der Waals surface area contributed by atoms with Crippen molar-refractivity contribution in [2.45, 2.75) is 34.3 Å². The minimum Gasteiger partial charge on any atom is -1.00 e. The molecule has 0 spiro atoms. The number of hydrogen-bond acceptors (Lipinski definition) is 2. The summed E-state index contributed by atoms with van der Waals surface area (Å²) in [4.78, 5) is 12.9. The summed E-state index contributed by atoms with van der Waals surface area (Å²) in [6, 6.07) is 20.1. The van der Waals surface area contributed by atoms with Crippen LogP contribution in [-0.2, 0) is 6.61 Å². The predicted molar refractivity (Wildman–Crippen MR) is 116 cm³/mol. The minimum atomic E-state index is 0. The zero-order chi connectivity index (χ0) is 19.4. The summed E-state index contributed by atoms with van der Waals surface area (Å²) < 4.78 is 5.82. The summed E-state index contributed by atoms with van der Waals surface area (Å²) in [5.74, 6) is 0.818. The Morgan fingerprint density at radius 2 is 1.54 bits per heavy atom. The maximum atomic E-state index is 12.9. The summed E-state index contributed by atoms with van der Waals surface area (Å²) in [7, 11) is 0.118. The molecule has 0 heterocycles. The van der Waals surface area contributed by atoms with Gasteiger partial charge in [0.25, 0.3) is 0 Å². The normalized spacial score (nSPS) is 10.7. The average molecular weight is 384 g/mol. The molecule has 0 N–H and O–H groups in total. The van der Waals surface area contributed by atoms with E-state index in [0.717, 1.165) is 33.3 Å². The molecule has 0 aliphatic heterocycles. The summed E-state index contributed by atoms with van der Waals surface area (Å²) in [6.07, 6.45) is 0. The fourth-order valence-corrected chi connectivity index (χ4v) is 4.31. The van der Waals surface area contributed by atoms with Gasteiger partial charge >= 0.3 is 18.9 Å². The van der Waals surface area contributed by atoms with Crippen molar-refractivity contribution in [3.05, 3.63) is 94.0 Å². The van der Waals surface area contributed by atoms with Crippen molar-refractivity contribution in [3.63, 3.8) is 0 Å². The molecule has 140 valence electrons. The molecule has 1 unspecified atom stereocenters. The molecule has 0 fully saturated rings. The van der Waals surface area contributed by atoms with Gasteiger partial charge in [0.05, 0.1) is 0 Å². The zero-order valence-corrected chi connectivity index (χ0v) is 18.3. The first-order chi connectivity index (χ1) is 13.0. The van der Waals surface area contributed by atoms with Gasteiger partial charge in [0, 0.05) is 5.56 Å². The van der Waals surface area contributed by atoms with Gasteiger partial charge in [-0.3, -0.25) is 4.79 Å². The summed E-state index contributed by atoms with van der Waals surface area (Å²) in [5, 5.41) is 1.03. The molecular formula is C24H26LiO2P. The van der Waals surface area contributed by atoms with Crippen LogP contribution < -0.4 is 28.9 Å². The van der Waals surface area contributed by atoms with E-state index in [2.05, 4.69) is 19.9 Å². The summed E-state index contributed by atoms with van der Waals surface area (Å²) >= 11 is 0. The molecule has 4 heteroatoms. The van der Waals surface area contributed by atoms with Crippen molar-refractivity contribution < 1.29 is 29.8 Å². The first-order valence-electron chi connectivity index (χ1n) is 9.11. The third-order valence-corrected chi connectivity index (χ3v) is 6.04. The fraction of sp³-hybridized carbons (Fsp3) is 0.208. The van der Waals surface area contributed by atoms with Gasteiger partial charge in [-0.1, -0.05) is 48.5 Å². The topological polar surface area (TPSA) is 26.3 Å². The van der Waals surface area contributed by atoms with Crippen LogP contribution in [0.1, 0.15) is 39.6 Å². The van der Waals surface area contributed by atoms with Gasteiger partial charge in [0.1, 0.15) is 12.4 Å². The molecule has 0 aromatic heterocycles. The van der Waals surface area contributed by atoms with Crippen LogP contribution in [0.5, 0.6) is 5.75 Å². The van der Waals surface area contributed by atoms with E-state index in [4.69, 9.17) is 4.74 Å². The second-order valence-corrected chi connectivity index (χ2v) is 8.17. The van der Waals surface area contributed by atoms with E-state index in [0.29, 0.717) is 6.61 Å². The van der Waals surface area contributed by atoms with Gasteiger partial charge < -0.3 is 6.16 Å². The molecule has 0 radical (unpaired) electrons. The molecule has 28 heavy (non-hydrogen) atoms. The monoisotopic (exact) mass is 384 g/mol. The first-order valence-corrected chi connectivity index (χ1v) is 10.1. The zero-order valence-electron chi connectivity index (χ0n) is 18.3. The average Bonchev–Trinajstić information content (AvgIpc) is 2.66. The Labute approximate surface area is 183 Å². The number of benzene rings is 3. The van der Waals surface area contributed by atoms with Gasteiger partial charge in [0.15, 0.2) is 5.52 Å². The first kappa shape index (κ1) is 22.4. The Balaban J connectivity index is 0.00000210. The standard InChI is InChI=1S/C24H25O2P.Li.H/c1-16-14-17(2)23(19(4)18(16)3)24(25)27-22-12-10-21(11-13-22)26-15-20-8-6-5-7-9-20;;/h5-14,27H,15H2,1-4H3;;/q;+1;-1. The van der Waals surface area contributed by atoms with Crippen molar-refractivity contribution in [3.8, 4) is 5.75 Å². The predicted octanol–water partition coefficient (Wildman–Crippen LogP) is 2.76. The van der Waals surface area contributed by atoms with Crippen molar-refractivity contribution >= 4 is 19.4 Å². The number of aryl methyl sites for hydroxylation is 2. The molecule has 3 aromatic rings. The van der Waals surface area contributed by atoms with Crippen LogP contribution in [0, 0.1) is 27.7 Å². The number of carbonyl (C=O) groups excluding carboxylic acids is 1. The molecule has 3 rings (SSSR count).